The highest BCUT2D eigenvalue weighted by molar-refractivity contribution is 9.10. The number of esters is 1. The van der Waals surface area contributed by atoms with Gasteiger partial charge in [-0.3, -0.25) is 14.4 Å². The Morgan fingerprint density at radius 3 is 2.57 bits per heavy atom. The number of nitriles is 1. The van der Waals surface area contributed by atoms with Gasteiger partial charge in [0.05, 0.1) is 48.2 Å². The van der Waals surface area contributed by atoms with Crippen LogP contribution in [-0.4, -0.2) is 44.9 Å². The number of rotatable bonds is 8. The molecule has 0 radical (unpaired) electrons. The third-order valence-electron chi connectivity index (χ3n) is 5.22. The summed E-state index contributed by atoms with van der Waals surface area (Å²) in [6.07, 6.45) is 0. The van der Waals surface area contributed by atoms with Crippen LogP contribution in [0.3, 0.4) is 0 Å². The number of nitrogens with zero attached hydrogens (tertiary/aromatic N) is 1. The first-order valence-electron chi connectivity index (χ1n) is 10.3. The maximum Gasteiger partial charge on any atom is 0.319 e. The first kappa shape index (κ1) is 26.1. The van der Waals surface area contributed by atoms with Crippen LogP contribution in [0, 0.1) is 17.2 Å². The summed E-state index contributed by atoms with van der Waals surface area (Å²) in [5.41, 5.74) is 1.23. The van der Waals surface area contributed by atoms with Crippen LogP contribution < -0.4 is 20.1 Å². The van der Waals surface area contributed by atoms with E-state index in [4.69, 9.17) is 14.2 Å². The summed E-state index contributed by atoms with van der Waals surface area (Å²) < 4.78 is 15.8. The van der Waals surface area contributed by atoms with Crippen LogP contribution in [-0.2, 0) is 19.1 Å². The van der Waals surface area contributed by atoms with E-state index >= 15 is 0 Å². The fourth-order valence-electron chi connectivity index (χ4n) is 3.59. The summed E-state index contributed by atoms with van der Waals surface area (Å²) in [5, 5.41) is 15.6. The summed E-state index contributed by atoms with van der Waals surface area (Å²) in [4.78, 5) is 38.0. The van der Waals surface area contributed by atoms with Gasteiger partial charge in [-0.1, -0.05) is 23.9 Å². The van der Waals surface area contributed by atoms with Crippen molar-refractivity contribution < 1.29 is 28.6 Å². The number of benzene rings is 2. The molecule has 1 heterocycles. The number of allylic oxidation sites excluding steroid dienone is 1. The molecule has 3 rings (SSSR count). The van der Waals surface area contributed by atoms with Crippen molar-refractivity contribution in [1.82, 2.24) is 5.32 Å². The fraction of sp³-hybridized carbons (Fsp3) is 0.250. The van der Waals surface area contributed by atoms with Gasteiger partial charge in [0.15, 0.2) is 0 Å². The zero-order valence-corrected chi connectivity index (χ0v) is 21.5. The molecule has 35 heavy (non-hydrogen) atoms. The van der Waals surface area contributed by atoms with Gasteiger partial charge in [-0.05, 0) is 45.8 Å². The molecule has 1 aliphatic rings. The Hall–Kier alpha value is -3.49. The molecule has 0 saturated heterocycles. The van der Waals surface area contributed by atoms with Crippen molar-refractivity contribution in [3.05, 3.63) is 63.1 Å². The van der Waals surface area contributed by atoms with Crippen molar-refractivity contribution >= 4 is 51.2 Å². The number of halogens is 1. The van der Waals surface area contributed by atoms with Gasteiger partial charge in [-0.2, -0.15) is 5.26 Å². The van der Waals surface area contributed by atoms with E-state index in [0.29, 0.717) is 27.2 Å². The van der Waals surface area contributed by atoms with Crippen LogP contribution in [0.5, 0.6) is 11.5 Å². The van der Waals surface area contributed by atoms with Crippen molar-refractivity contribution in [2.24, 2.45) is 5.92 Å². The molecular formula is C24H22BrN3O6S. The van der Waals surface area contributed by atoms with Crippen molar-refractivity contribution in [3.8, 4) is 17.6 Å². The molecule has 0 fully saturated rings. The number of carbonyl (C=O) groups is 3. The third kappa shape index (κ3) is 5.96. The van der Waals surface area contributed by atoms with Gasteiger partial charge in [0, 0.05) is 17.7 Å². The van der Waals surface area contributed by atoms with Crippen LogP contribution in [0.2, 0.25) is 0 Å². The number of hydrogen-bond donors (Lipinski definition) is 2. The molecule has 2 aromatic rings. The average Bonchev–Trinajstić information content (AvgIpc) is 2.86. The lowest BCUT2D eigenvalue weighted by molar-refractivity contribution is -0.150. The second-order valence-corrected chi connectivity index (χ2v) is 9.13. The predicted octanol–water partition coefficient (Wildman–Crippen LogP) is 3.58. The molecule has 11 heteroatoms. The second-order valence-electron chi connectivity index (χ2n) is 7.29. The summed E-state index contributed by atoms with van der Waals surface area (Å²) >= 11 is 4.40. The largest absolute Gasteiger partial charge is 0.497 e. The van der Waals surface area contributed by atoms with Crippen LogP contribution in [0.4, 0.5) is 5.69 Å². The molecule has 0 aliphatic carbocycles. The minimum Gasteiger partial charge on any atom is -0.497 e. The molecule has 0 spiro atoms. The molecule has 0 unspecified atom stereocenters. The molecule has 2 N–H and O–H groups in total. The molecule has 9 nitrogen and oxygen atoms in total. The number of methoxy groups -OCH3 is 3. The summed E-state index contributed by atoms with van der Waals surface area (Å²) in [5.74, 6) is -2.87. The first-order chi connectivity index (χ1) is 16.8. The SMILES string of the molecule is COC(=O)[C@H]1C(=O)NC(SCC(=O)Nc2cccc(OC)c2)=C(C#N)[C@H]1c1ccc(OC)c(Br)c1. The van der Waals surface area contributed by atoms with E-state index in [0.717, 1.165) is 11.8 Å². The lowest BCUT2D eigenvalue weighted by Gasteiger charge is -2.31. The molecule has 2 aromatic carbocycles. The molecule has 182 valence electrons. The van der Waals surface area contributed by atoms with E-state index in [1.807, 2.05) is 0 Å². The summed E-state index contributed by atoms with van der Waals surface area (Å²) in [7, 11) is 4.22. The minimum absolute atomic E-state index is 0.0834. The number of ether oxygens (including phenoxy) is 3. The standard InChI is InChI=1S/C24H22BrN3O6S/c1-32-15-6-4-5-14(10-15)27-19(29)12-35-23-16(11-26)20(21(22(30)28-23)24(31)34-3)13-7-8-18(33-2)17(25)9-13/h4-10,20-21H,12H2,1-3H3,(H,27,29)(H,28,30)/t20-,21-/m1/s1. The fourth-order valence-corrected chi connectivity index (χ4v) is 5.00. The Morgan fingerprint density at radius 2 is 1.94 bits per heavy atom. The van der Waals surface area contributed by atoms with Crippen LogP contribution in [0.15, 0.2) is 57.5 Å². The highest BCUT2D eigenvalue weighted by atomic mass is 79.9. The van der Waals surface area contributed by atoms with E-state index in [1.54, 1.807) is 42.5 Å². The number of anilines is 1. The van der Waals surface area contributed by atoms with E-state index in [9.17, 15) is 19.6 Å². The van der Waals surface area contributed by atoms with E-state index in [2.05, 4.69) is 32.6 Å². The Labute approximate surface area is 214 Å². The second kappa shape index (κ2) is 11.8. The molecule has 2 amide bonds. The normalized spacial score (nSPS) is 17.2. The van der Waals surface area contributed by atoms with Crippen molar-refractivity contribution in [2.45, 2.75) is 5.92 Å². The number of carbonyl (C=O) groups excluding carboxylic acids is 3. The van der Waals surface area contributed by atoms with Crippen molar-refractivity contribution in [2.75, 3.05) is 32.4 Å². The smallest absolute Gasteiger partial charge is 0.319 e. The minimum atomic E-state index is -1.27. The molecule has 0 bridgehead atoms. The van der Waals surface area contributed by atoms with Gasteiger partial charge >= 0.3 is 5.97 Å². The Bertz CT molecular complexity index is 1230. The van der Waals surface area contributed by atoms with Crippen LogP contribution in [0.1, 0.15) is 11.5 Å². The zero-order chi connectivity index (χ0) is 25.5. The van der Waals surface area contributed by atoms with Crippen LogP contribution in [0.25, 0.3) is 0 Å². The first-order valence-corrected chi connectivity index (χ1v) is 12.0. The van der Waals surface area contributed by atoms with Crippen molar-refractivity contribution in [1.29, 1.82) is 5.26 Å². The average molecular weight is 560 g/mol. The third-order valence-corrected chi connectivity index (χ3v) is 6.86. The quantitative estimate of drug-likeness (QED) is 0.371. The topological polar surface area (TPSA) is 127 Å². The van der Waals surface area contributed by atoms with Gasteiger partial charge in [0.1, 0.15) is 17.4 Å². The highest BCUT2D eigenvalue weighted by Crippen LogP contribution is 2.42. The molecule has 2 atom stereocenters. The van der Waals surface area contributed by atoms with E-state index < -0.39 is 23.7 Å². The van der Waals surface area contributed by atoms with Crippen molar-refractivity contribution in [3.63, 3.8) is 0 Å². The molecule has 1 aliphatic heterocycles. The van der Waals surface area contributed by atoms with Gasteiger partial charge in [-0.25, -0.2) is 0 Å². The number of hydrogen-bond acceptors (Lipinski definition) is 8. The number of nitrogens with one attached hydrogen (secondary N) is 2. The Balaban J connectivity index is 1.91. The maximum absolute atomic E-state index is 12.9. The Kier molecular flexibility index (Phi) is 8.78. The van der Waals surface area contributed by atoms with Crippen LogP contribution >= 0.6 is 27.7 Å². The lowest BCUT2D eigenvalue weighted by Crippen LogP contribution is -2.44. The lowest BCUT2D eigenvalue weighted by atomic mass is 9.78. The predicted molar refractivity (Wildman–Crippen MR) is 134 cm³/mol. The summed E-state index contributed by atoms with van der Waals surface area (Å²) in [6, 6.07) is 14.0. The monoisotopic (exact) mass is 559 g/mol. The van der Waals surface area contributed by atoms with E-state index in [-0.39, 0.29) is 22.3 Å². The molecule has 0 saturated carbocycles. The number of thioether (sulfide) groups is 1. The van der Waals surface area contributed by atoms with E-state index in [1.165, 1.54) is 21.3 Å². The van der Waals surface area contributed by atoms with Gasteiger partial charge in [-0.15, -0.1) is 0 Å². The van der Waals surface area contributed by atoms with Gasteiger partial charge < -0.3 is 24.8 Å². The van der Waals surface area contributed by atoms with Gasteiger partial charge in [0.25, 0.3) is 0 Å². The maximum atomic E-state index is 12.9. The Morgan fingerprint density at radius 1 is 1.17 bits per heavy atom. The molecular weight excluding hydrogens is 538 g/mol. The highest BCUT2D eigenvalue weighted by Gasteiger charge is 2.44. The molecule has 0 aromatic heterocycles. The summed E-state index contributed by atoms with van der Waals surface area (Å²) in [6.45, 7) is 0. The number of amides is 2. The zero-order valence-electron chi connectivity index (χ0n) is 19.1. The van der Waals surface area contributed by atoms with Gasteiger partial charge in [0.2, 0.25) is 11.8 Å².